The van der Waals surface area contributed by atoms with E-state index in [1.54, 1.807) is 37.8 Å². The van der Waals surface area contributed by atoms with Gasteiger partial charge in [0, 0.05) is 31.0 Å². The summed E-state index contributed by atoms with van der Waals surface area (Å²) < 4.78 is 7.02. The van der Waals surface area contributed by atoms with E-state index in [4.69, 9.17) is 10.5 Å². The van der Waals surface area contributed by atoms with Crippen molar-refractivity contribution in [1.29, 1.82) is 0 Å². The van der Waals surface area contributed by atoms with Crippen molar-refractivity contribution < 1.29 is 9.53 Å². The summed E-state index contributed by atoms with van der Waals surface area (Å²) in [7, 11) is 1.54. The van der Waals surface area contributed by atoms with Crippen LogP contribution in [0.25, 0.3) is 0 Å². The minimum Gasteiger partial charge on any atom is -0.495 e. The second kappa shape index (κ2) is 6.60. The Morgan fingerprint density at radius 2 is 2.35 bits per heavy atom. The van der Waals surface area contributed by atoms with Crippen LogP contribution in [-0.4, -0.2) is 29.1 Å². The van der Waals surface area contributed by atoms with Crippen LogP contribution in [0, 0.1) is 0 Å². The number of benzene rings is 1. The number of rotatable bonds is 6. The molecule has 0 radical (unpaired) electrons. The molecule has 0 aliphatic carbocycles. The van der Waals surface area contributed by atoms with Crippen molar-refractivity contribution in [2.24, 2.45) is 0 Å². The molecule has 0 saturated heterocycles. The molecular weight excluding hydrogens is 256 g/mol. The highest BCUT2D eigenvalue weighted by atomic mass is 16.5. The van der Waals surface area contributed by atoms with E-state index in [2.05, 4.69) is 10.3 Å². The zero-order valence-corrected chi connectivity index (χ0v) is 11.4. The fraction of sp³-hybridized carbons (Fsp3) is 0.286. The molecule has 6 heteroatoms. The first-order chi connectivity index (χ1) is 9.70. The Hall–Kier alpha value is -2.50. The first kappa shape index (κ1) is 13.9. The van der Waals surface area contributed by atoms with Gasteiger partial charge in [-0.2, -0.15) is 0 Å². The highest BCUT2D eigenvalue weighted by Gasteiger charge is 2.07. The third kappa shape index (κ3) is 3.50. The zero-order chi connectivity index (χ0) is 14.4. The van der Waals surface area contributed by atoms with Gasteiger partial charge >= 0.3 is 0 Å². The Morgan fingerprint density at radius 3 is 3.00 bits per heavy atom. The summed E-state index contributed by atoms with van der Waals surface area (Å²) in [4.78, 5) is 15.9. The number of ether oxygens (including phenoxy) is 1. The van der Waals surface area contributed by atoms with Gasteiger partial charge in [0.25, 0.3) is 5.91 Å². The SMILES string of the molecule is COc1ccc(C(=O)NCCCn2ccnc2)cc1N. The minimum absolute atomic E-state index is 0.134. The van der Waals surface area contributed by atoms with Gasteiger partial charge in [0.05, 0.1) is 19.1 Å². The first-order valence-electron chi connectivity index (χ1n) is 6.38. The lowest BCUT2D eigenvalue weighted by atomic mass is 10.1. The lowest BCUT2D eigenvalue weighted by molar-refractivity contribution is 0.0952. The molecule has 3 N–H and O–H groups in total. The molecule has 1 aromatic carbocycles. The molecule has 106 valence electrons. The molecule has 2 rings (SSSR count). The average molecular weight is 274 g/mol. The van der Waals surface area contributed by atoms with Gasteiger partial charge in [0.15, 0.2) is 0 Å². The fourth-order valence-electron chi connectivity index (χ4n) is 1.86. The van der Waals surface area contributed by atoms with Crippen LogP contribution in [0.15, 0.2) is 36.9 Å². The van der Waals surface area contributed by atoms with Gasteiger partial charge in [-0.25, -0.2) is 4.98 Å². The van der Waals surface area contributed by atoms with Gasteiger partial charge in [-0.1, -0.05) is 0 Å². The van der Waals surface area contributed by atoms with E-state index < -0.39 is 0 Å². The summed E-state index contributed by atoms with van der Waals surface area (Å²) in [5.74, 6) is 0.437. The van der Waals surface area contributed by atoms with Gasteiger partial charge in [0.2, 0.25) is 0 Å². The van der Waals surface area contributed by atoms with E-state index in [9.17, 15) is 4.79 Å². The van der Waals surface area contributed by atoms with Crippen LogP contribution in [0.2, 0.25) is 0 Å². The Labute approximate surface area is 117 Å². The molecule has 0 aliphatic heterocycles. The van der Waals surface area contributed by atoms with Crippen molar-refractivity contribution in [3.63, 3.8) is 0 Å². The third-order valence-corrected chi connectivity index (χ3v) is 2.93. The van der Waals surface area contributed by atoms with Gasteiger partial charge in [-0.05, 0) is 24.6 Å². The molecule has 0 saturated carbocycles. The van der Waals surface area contributed by atoms with E-state index in [1.807, 2.05) is 10.8 Å². The lowest BCUT2D eigenvalue weighted by Crippen LogP contribution is -2.25. The highest BCUT2D eigenvalue weighted by molar-refractivity contribution is 5.95. The number of carbonyl (C=O) groups is 1. The number of hydrogen-bond acceptors (Lipinski definition) is 4. The number of carbonyl (C=O) groups excluding carboxylic acids is 1. The number of nitrogens with zero attached hydrogens (tertiary/aromatic N) is 2. The van der Waals surface area contributed by atoms with Crippen LogP contribution in [0.4, 0.5) is 5.69 Å². The molecule has 0 aliphatic rings. The summed E-state index contributed by atoms with van der Waals surface area (Å²) in [6, 6.07) is 5.00. The maximum atomic E-state index is 11.9. The first-order valence-corrected chi connectivity index (χ1v) is 6.38. The number of nitrogen functional groups attached to an aromatic ring is 1. The second-order valence-corrected chi connectivity index (χ2v) is 4.37. The summed E-state index contributed by atoms with van der Waals surface area (Å²) in [5, 5.41) is 2.86. The molecular formula is C14H18N4O2. The molecule has 0 fully saturated rings. The molecule has 0 unspecified atom stereocenters. The molecule has 0 atom stereocenters. The third-order valence-electron chi connectivity index (χ3n) is 2.93. The predicted octanol–water partition coefficient (Wildman–Crippen LogP) is 1.29. The molecule has 6 nitrogen and oxygen atoms in total. The number of imidazole rings is 1. The van der Waals surface area contributed by atoms with Crippen LogP contribution >= 0.6 is 0 Å². The van der Waals surface area contributed by atoms with Crippen molar-refractivity contribution in [3.8, 4) is 5.75 Å². The summed E-state index contributed by atoms with van der Waals surface area (Å²) in [6.45, 7) is 1.42. The maximum Gasteiger partial charge on any atom is 0.251 e. The minimum atomic E-state index is -0.134. The monoisotopic (exact) mass is 274 g/mol. The summed E-state index contributed by atoms with van der Waals surface area (Å²) in [5.41, 5.74) is 6.76. The Balaban J connectivity index is 1.81. The van der Waals surface area contributed by atoms with Crippen LogP contribution in [-0.2, 0) is 6.54 Å². The highest BCUT2D eigenvalue weighted by Crippen LogP contribution is 2.21. The second-order valence-electron chi connectivity index (χ2n) is 4.37. The molecule has 0 bridgehead atoms. The smallest absolute Gasteiger partial charge is 0.251 e. The fourth-order valence-corrected chi connectivity index (χ4v) is 1.86. The number of nitrogens with one attached hydrogen (secondary N) is 1. The van der Waals surface area contributed by atoms with Gasteiger partial charge in [0.1, 0.15) is 5.75 Å². The normalized spacial score (nSPS) is 10.2. The van der Waals surface area contributed by atoms with Crippen molar-refractivity contribution in [3.05, 3.63) is 42.5 Å². The predicted molar refractivity (Wildman–Crippen MR) is 76.6 cm³/mol. The van der Waals surface area contributed by atoms with Crippen LogP contribution in [0.1, 0.15) is 16.8 Å². The van der Waals surface area contributed by atoms with Crippen molar-refractivity contribution in [1.82, 2.24) is 14.9 Å². The van der Waals surface area contributed by atoms with E-state index in [-0.39, 0.29) is 5.91 Å². The number of nitrogens with two attached hydrogens (primary N) is 1. The van der Waals surface area contributed by atoms with Crippen LogP contribution < -0.4 is 15.8 Å². The quantitative estimate of drug-likeness (QED) is 0.614. The number of hydrogen-bond donors (Lipinski definition) is 2. The number of anilines is 1. The molecule has 1 heterocycles. The number of methoxy groups -OCH3 is 1. The van der Waals surface area contributed by atoms with Crippen molar-refractivity contribution in [2.45, 2.75) is 13.0 Å². The van der Waals surface area contributed by atoms with Crippen LogP contribution in [0.5, 0.6) is 5.75 Å². The Kier molecular flexibility index (Phi) is 4.60. The topological polar surface area (TPSA) is 82.2 Å². The lowest BCUT2D eigenvalue weighted by Gasteiger charge is -2.08. The molecule has 1 aromatic heterocycles. The van der Waals surface area contributed by atoms with Gasteiger partial charge < -0.3 is 20.4 Å². The van der Waals surface area contributed by atoms with E-state index >= 15 is 0 Å². The summed E-state index contributed by atoms with van der Waals surface area (Å²) in [6.07, 6.45) is 6.23. The number of aromatic nitrogens is 2. The molecule has 0 spiro atoms. The van der Waals surface area contributed by atoms with Gasteiger partial charge in [-0.3, -0.25) is 4.79 Å². The largest absolute Gasteiger partial charge is 0.495 e. The zero-order valence-electron chi connectivity index (χ0n) is 11.4. The molecule has 20 heavy (non-hydrogen) atoms. The van der Waals surface area contributed by atoms with Gasteiger partial charge in [-0.15, -0.1) is 0 Å². The van der Waals surface area contributed by atoms with E-state index in [0.29, 0.717) is 23.5 Å². The molecule has 1 amide bonds. The Morgan fingerprint density at radius 1 is 1.50 bits per heavy atom. The van der Waals surface area contributed by atoms with Crippen molar-refractivity contribution >= 4 is 11.6 Å². The standard InChI is InChI=1S/C14H18N4O2/c1-20-13-4-3-11(9-12(13)15)14(19)17-5-2-7-18-8-6-16-10-18/h3-4,6,8-10H,2,5,7,15H2,1H3,(H,17,19). The maximum absolute atomic E-state index is 11.9. The van der Waals surface area contributed by atoms with Crippen molar-refractivity contribution in [2.75, 3.05) is 19.4 Å². The van der Waals surface area contributed by atoms with E-state index in [1.165, 1.54) is 0 Å². The molecule has 2 aromatic rings. The average Bonchev–Trinajstić information content (AvgIpc) is 2.96. The Bertz CT molecular complexity index is 567. The van der Waals surface area contributed by atoms with Crippen LogP contribution in [0.3, 0.4) is 0 Å². The van der Waals surface area contributed by atoms with E-state index in [0.717, 1.165) is 13.0 Å². The summed E-state index contributed by atoms with van der Waals surface area (Å²) >= 11 is 0. The number of amides is 1. The number of aryl methyl sites for hydroxylation is 1.